The lowest BCUT2D eigenvalue weighted by Crippen LogP contribution is -2.59. The molecule has 2 aromatic rings. The second-order valence-electron chi connectivity index (χ2n) is 7.43. The quantitative estimate of drug-likeness (QED) is 0.800. The number of anilines is 1. The first-order valence-electron chi connectivity index (χ1n) is 9.58. The minimum Gasteiger partial charge on any atom is -0.479 e. The van der Waals surface area contributed by atoms with Gasteiger partial charge in [0.1, 0.15) is 11.7 Å². The van der Waals surface area contributed by atoms with Crippen molar-refractivity contribution in [1.82, 2.24) is 4.90 Å². The summed E-state index contributed by atoms with van der Waals surface area (Å²) >= 11 is 0. The molecule has 9 heteroatoms. The maximum absolute atomic E-state index is 13.7. The molecule has 4 rings (SSSR count). The van der Waals surface area contributed by atoms with Crippen LogP contribution in [0.1, 0.15) is 31.2 Å². The summed E-state index contributed by atoms with van der Waals surface area (Å²) in [7, 11) is -2.91. The standard InChI is InChI=1S/C21H22N2O6S/c1-3-21(19(24)25)13-16-15-11-7-8-12-17(15)23(18(16)22(21)20(26)29-2)30(27,28)14-9-5-4-6-10-14/h4-12,16,18H,3,13H2,1-2H3,(H,24,25)/t16-,18+,21+/m1/s1. The molecule has 0 spiro atoms. The molecule has 1 N–H and O–H groups in total. The molecular formula is C21H22N2O6S. The van der Waals surface area contributed by atoms with Crippen molar-refractivity contribution in [3.05, 3.63) is 60.2 Å². The lowest BCUT2D eigenvalue weighted by atomic mass is 9.87. The van der Waals surface area contributed by atoms with Crippen molar-refractivity contribution in [3.63, 3.8) is 0 Å². The van der Waals surface area contributed by atoms with Crippen LogP contribution in [-0.2, 0) is 19.6 Å². The summed E-state index contributed by atoms with van der Waals surface area (Å²) in [6, 6.07) is 14.9. The predicted octanol–water partition coefficient (Wildman–Crippen LogP) is 3.01. The van der Waals surface area contributed by atoms with Gasteiger partial charge in [-0.2, -0.15) is 0 Å². The summed E-state index contributed by atoms with van der Waals surface area (Å²) in [6.45, 7) is 1.67. The molecule has 3 atom stereocenters. The van der Waals surface area contributed by atoms with Crippen molar-refractivity contribution in [1.29, 1.82) is 0 Å². The minimum absolute atomic E-state index is 0.0644. The van der Waals surface area contributed by atoms with Gasteiger partial charge in [0, 0.05) is 5.92 Å². The van der Waals surface area contributed by atoms with E-state index in [0.717, 1.165) is 12.0 Å². The summed E-state index contributed by atoms with van der Waals surface area (Å²) in [4.78, 5) is 26.3. The number of hydrogen-bond acceptors (Lipinski definition) is 5. The van der Waals surface area contributed by atoms with Crippen LogP contribution in [0.4, 0.5) is 10.5 Å². The highest BCUT2D eigenvalue weighted by Crippen LogP contribution is 2.55. The number of carbonyl (C=O) groups excluding carboxylic acids is 1. The number of ether oxygens (including phenoxy) is 1. The monoisotopic (exact) mass is 430 g/mol. The molecule has 8 nitrogen and oxygen atoms in total. The zero-order valence-electron chi connectivity index (χ0n) is 16.6. The Morgan fingerprint density at radius 1 is 1.13 bits per heavy atom. The third-order valence-corrected chi connectivity index (χ3v) is 7.91. The number of nitrogens with zero attached hydrogens (tertiary/aromatic N) is 2. The first-order valence-corrected chi connectivity index (χ1v) is 11.0. The van der Waals surface area contributed by atoms with Crippen LogP contribution in [-0.4, -0.2) is 49.3 Å². The van der Waals surface area contributed by atoms with E-state index in [-0.39, 0.29) is 17.7 Å². The average Bonchev–Trinajstić information content (AvgIpc) is 3.26. The van der Waals surface area contributed by atoms with Crippen molar-refractivity contribution in [3.8, 4) is 0 Å². The average molecular weight is 430 g/mol. The fraction of sp³-hybridized carbons (Fsp3) is 0.333. The molecule has 0 saturated carbocycles. The van der Waals surface area contributed by atoms with Crippen LogP contribution in [0, 0.1) is 0 Å². The molecule has 2 heterocycles. The van der Waals surface area contributed by atoms with Gasteiger partial charge in [0.05, 0.1) is 17.7 Å². The van der Waals surface area contributed by atoms with Gasteiger partial charge in [0.15, 0.2) is 0 Å². The Morgan fingerprint density at radius 3 is 2.37 bits per heavy atom. The summed E-state index contributed by atoms with van der Waals surface area (Å²) < 4.78 is 33.4. The predicted molar refractivity (Wildman–Crippen MR) is 109 cm³/mol. The topological polar surface area (TPSA) is 104 Å². The zero-order valence-corrected chi connectivity index (χ0v) is 17.4. The number of likely N-dealkylation sites (tertiary alicyclic amines) is 1. The third-order valence-electron chi connectivity index (χ3n) is 6.11. The Hall–Kier alpha value is -3.07. The molecule has 1 saturated heterocycles. The normalized spacial score (nSPS) is 25.0. The summed E-state index contributed by atoms with van der Waals surface area (Å²) in [5, 5.41) is 10.1. The number of aliphatic carboxylic acids is 1. The molecule has 0 bridgehead atoms. The molecule has 2 aromatic carbocycles. The van der Waals surface area contributed by atoms with E-state index in [2.05, 4.69) is 0 Å². The number of para-hydroxylation sites is 1. The second-order valence-corrected chi connectivity index (χ2v) is 9.24. The highest BCUT2D eigenvalue weighted by molar-refractivity contribution is 7.92. The van der Waals surface area contributed by atoms with E-state index in [0.29, 0.717) is 11.3 Å². The van der Waals surface area contributed by atoms with E-state index in [9.17, 15) is 23.1 Å². The molecule has 0 aromatic heterocycles. The van der Waals surface area contributed by atoms with Crippen molar-refractivity contribution >= 4 is 27.8 Å². The van der Waals surface area contributed by atoms with Gasteiger partial charge < -0.3 is 9.84 Å². The Balaban J connectivity index is 1.97. The molecule has 0 aliphatic carbocycles. The number of hydrogen-bond donors (Lipinski definition) is 1. The maximum Gasteiger partial charge on any atom is 0.412 e. The molecule has 1 fully saturated rings. The molecule has 0 unspecified atom stereocenters. The van der Waals surface area contributed by atoms with E-state index >= 15 is 0 Å². The SMILES string of the molecule is CC[C@@]1(C(=O)O)C[C@@H]2c3ccccc3N(S(=O)(=O)c3ccccc3)[C@@H]2N1C(=O)OC. The molecule has 30 heavy (non-hydrogen) atoms. The molecule has 2 aliphatic heterocycles. The van der Waals surface area contributed by atoms with Gasteiger partial charge in [-0.05, 0) is 36.6 Å². The van der Waals surface area contributed by atoms with Gasteiger partial charge >= 0.3 is 12.1 Å². The number of rotatable bonds is 4. The molecular weight excluding hydrogens is 408 g/mol. The van der Waals surface area contributed by atoms with Crippen LogP contribution in [0.3, 0.4) is 0 Å². The molecule has 0 radical (unpaired) electrons. The third kappa shape index (κ3) is 2.61. The summed E-state index contributed by atoms with van der Waals surface area (Å²) in [6.07, 6.45) is -1.69. The van der Waals surface area contributed by atoms with Crippen LogP contribution in [0.25, 0.3) is 0 Å². The van der Waals surface area contributed by atoms with Crippen molar-refractivity contribution in [2.75, 3.05) is 11.4 Å². The highest BCUT2D eigenvalue weighted by atomic mass is 32.2. The van der Waals surface area contributed by atoms with E-state index in [1.807, 2.05) is 0 Å². The number of carboxylic acid groups (broad SMARTS) is 1. The van der Waals surface area contributed by atoms with Crippen LogP contribution in [0.2, 0.25) is 0 Å². The first kappa shape index (κ1) is 20.2. The Kier molecular flexibility index (Phi) is 4.73. The van der Waals surface area contributed by atoms with Gasteiger partial charge in [-0.25, -0.2) is 22.3 Å². The second kappa shape index (κ2) is 7.02. The van der Waals surface area contributed by atoms with Gasteiger partial charge in [-0.3, -0.25) is 4.90 Å². The Morgan fingerprint density at radius 2 is 1.77 bits per heavy atom. The molecule has 2 aliphatic rings. The molecule has 158 valence electrons. The van der Waals surface area contributed by atoms with E-state index < -0.39 is 39.7 Å². The van der Waals surface area contributed by atoms with Crippen LogP contribution in [0.15, 0.2) is 59.5 Å². The number of methoxy groups -OCH3 is 1. The number of benzene rings is 2. The van der Waals surface area contributed by atoms with Gasteiger partial charge in [-0.15, -0.1) is 0 Å². The number of carbonyl (C=O) groups is 2. The van der Waals surface area contributed by atoms with Crippen molar-refractivity contribution in [2.45, 2.75) is 42.3 Å². The van der Waals surface area contributed by atoms with Gasteiger partial charge in [0.25, 0.3) is 10.0 Å². The number of carboxylic acids is 1. The van der Waals surface area contributed by atoms with Crippen LogP contribution in [0.5, 0.6) is 0 Å². The first-order chi connectivity index (χ1) is 14.3. The lowest BCUT2D eigenvalue weighted by Gasteiger charge is -2.39. The smallest absolute Gasteiger partial charge is 0.412 e. The number of fused-ring (bicyclic) bond motifs is 3. The van der Waals surface area contributed by atoms with E-state index in [1.165, 1.54) is 16.4 Å². The van der Waals surface area contributed by atoms with Crippen molar-refractivity contribution < 1.29 is 27.9 Å². The lowest BCUT2D eigenvalue weighted by molar-refractivity contribution is -0.149. The number of sulfonamides is 1. The molecule has 1 amide bonds. The van der Waals surface area contributed by atoms with Crippen molar-refractivity contribution in [2.24, 2.45) is 0 Å². The number of amides is 1. The fourth-order valence-corrected chi connectivity index (χ4v) is 6.38. The maximum atomic E-state index is 13.7. The summed E-state index contributed by atoms with van der Waals surface area (Å²) in [5.41, 5.74) is -0.423. The Labute approximate surface area is 174 Å². The van der Waals surface area contributed by atoms with Gasteiger partial charge in [-0.1, -0.05) is 43.3 Å². The van der Waals surface area contributed by atoms with E-state index in [4.69, 9.17) is 4.74 Å². The largest absolute Gasteiger partial charge is 0.479 e. The fourth-order valence-electron chi connectivity index (χ4n) is 4.70. The van der Waals surface area contributed by atoms with Crippen LogP contribution >= 0.6 is 0 Å². The summed E-state index contributed by atoms with van der Waals surface area (Å²) in [5.74, 6) is -1.67. The zero-order chi connectivity index (χ0) is 21.7. The highest BCUT2D eigenvalue weighted by Gasteiger charge is 2.64. The van der Waals surface area contributed by atoms with Gasteiger partial charge in [0.2, 0.25) is 0 Å². The van der Waals surface area contributed by atoms with Crippen LogP contribution < -0.4 is 4.31 Å². The Bertz CT molecular complexity index is 1100. The minimum atomic E-state index is -4.07. The van der Waals surface area contributed by atoms with E-state index in [1.54, 1.807) is 49.4 Å².